The number of hydrogen-bond donors (Lipinski definition) is 0. The maximum absolute atomic E-state index is 12.0. The number of nitrogens with zero attached hydrogens (tertiary/aromatic N) is 2. The molecule has 0 aliphatic carbocycles. The van der Waals surface area contributed by atoms with E-state index in [1.807, 2.05) is 24.3 Å². The van der Waals surface area contributed by atoms with Crippen molar-refractivity contribution in [1.29, 1.82) is 0 Å². The van der Waals surface area contributed by atoms with Crippen molar-refractivity contribution in [1.82, 2.24) is 9.97 Å². The van der Waals surface area contributed by atoms with Gasteiger partial charge in [0, 0.05) is 29.0 Å². The fourth-order valence-electron chi connectivity index (χ4n) is 1.59. The molecule has 18 heavy (non-hydrogen) atoms. The van der Waals surface area contributed by atoms with Gasteiger partial charge in [0.2, 0.25) is 0 Å². The smallest absolute Gasteiger partial charge is 0.168 e. The molecule has 0 amide bonds. The third kappa shape index (κ3) is 3.40. The van der Waals surface area contributed by atoms with Gasteiger partial charge in [-0.2, -0.15) is 0 Å². The topological polar surface area (TPSA) is 42.9 Å². The third-order valence-electron chi connectivity index (χ3n) is 2.45. The van der Waals surface area contributed by atoms with E-state index in [0.717, 1.165) is 11.3 Å². The highest BCUT2D eigenvalue weighted by atomic mass is 32.2. The average Bonchev–Trinajstić information content (AvgIpc) is 2.41. The second-order valence-corrected chi connectivity index (χ2v) is 5.09. The van der Waals surface area contributed by atoms with Crippen LogP contribution < -0.4 is 0 Å². The lowest BCUT2D eigenvalue weighted by Gasteiger charge is -2.02. The van der Waals surface area contributed by atoms with Gasteiger partial charge in [-0.15, -0.1) is 11.8 Å². The van der Waals surface area contributed by atoms with Crippen LogP contribution in [0.1, 0.15) is 23.0 Å². The second-order valence-electron chi connectivity index (χ2n) is 3.75. The Kier molecular flexibility index (Phi) is 4.47. The number of carbonyl (C=O) groups excluding carboxylic acids is 1. The minimum absolute atomic E-state index is 0.0727. The van der Waals surface area contributed by atoms with Crippen LogP contribution in [-0.4, -0.2) is 21.5 Å². The minimum Gasteiger partial charge on any atom is -0.294 e. The van der Waals surface area contributed by atoms with Gasteiger partial charge in [-0.3, -0.25) is 14.8 Å². The summed E-state index contributed by atoms with van der Waals surface area (Å²) in [5.74, 6) is 1.11. The fourth-order valence-corrected chi connectivity index (χ4v) is 2.25. The van der Waals surface area contributed by atoms with Gasteiger partial charge < -0.3 is 0 Å². The molecular formula is C14H14N2OS. The zero-order valence-electron chi connectivity index (χ0n) is 10.2. The molecule has 0 aliphatic rings. The van der Waals surface area contributed by atoms with Gasteiger partial charge in [-0.1, -0.05) is 19.1 Å². The molecule has 0 spiro atoms. The highest BCUT2D eigenvalue weighted by Gasteiger charge is 2.07. The Bertz CT molecular complexity index is 511. The van der Waals surface area contributed by atoms with E-state index in [1.165, 1.54) is 4.90 Å². The monoisotopic (exact) mass is 258 g/mol. The molecule has 0 unspecified atom stereocenters. The quantitative estimate of drug-likeness (QED) is 0.610. The number of Topliss-reactive ketones (excluding diaryl/α,β-unsaturated/α-hetero) is 1. The van der Waals surface area contributed by atoms with E-state index in [1.54, 1.807) is 30.4 Å². The molecule has 0 saturated heterocycles. The summed E-state index contributed by atoms with van der Waals surface area (Å²) >= 11 is 1.77. The first kappa shape index (κ1) is 12.8. The first-order chi connectivity index (χ1) is 8.79. The number of thioether (sulfide) groups is 1. The number of ketones is 1. The van der Waals surface area contributed by atoms with E-state index < -0.39 is 0 Å². The van der Waals surface area contributed by atoms with Crippen LogP contribution in [-0.2, 0) is 6.42 Å². The van der Waals surface area contributed by atoms with E-state index in [4.69, 9.17) is 0 Å². The highest BCUT2D eigenvalue weighted by molar-refractivity contribution is 7.99. The molecular weight excluding hydrogens is 244 g/mol. The van der Waals surface area contributed by atoms with E-state index in [9.17, 15) is 4.79 Å². The first-order valence-electron chi connectivity index (χ1n) is 5.80. The molecule has 0 fully saturated rings. The number of carbonyl (C=O) groups is 1. The molecule has 0 radical (unpaired) electrons. The normalized spacial score (nSPS) is 10.3. The lowest BCUT2D eigenvalue weighted by Crippen LogP contribution is -2.05. The molecule has 1 heterocycles. The van der Waals surface area contributed by atoms with Gasteiger partial charge in [-0.25, -0.2) is 0 Å². The highest BCUT2D eigenvalue weighted by Crippen LogP contribution is 2.18. The van der Waals surface area contributed by atoms with Gasteiger partial charge >= 0.3 is 0 Å². The van der Waals surface area contributed by atoms with Crippen LogP contribution in [0.25, 0.3) is 0 Å². The van der Waals surface area contributed by atoms with Crippen LogP contribution >= 0.6 is 11.8 Å². The van der Waals surface area contributed by atoms with Gasteiger partial charge in [0.25, 0.3) is 0 Å². The molecule has 1 aromatic carbocycles. The van der Waals surface area contributed by atoms with Gasteiger partial charge in [0.15, 0.2) is 5.78 Å². The summed E-state index contributed by atoms with van der Waals surface area (Å²) in [7, 11) is 0. The number of rotatable bonds is 5. The van der Waals surface area contributed by atoms with Gasteiger partial charge in [0.1, 0.15) is 0 Å². The largest absolute Gasteiger partial charge is 0.294 e. The maximum Gasteiger partial charge on any atom is 0.168 e. The van der Waals surface area contributed by atoms with Crippen molar-refractivity contribution in [2.24, 2.45) is 0 Å². The molecule has 2 rings (SSSR count). The van der Waals surface area contributed by atoms with Crippen molar-refractivity contribution in [2.45, 2.75) is 18.2 Å². The molecule has 2 aromatic rings. The minimum atomic E-state index is 0.0727. The summed E-state index contributed by atoms with van der Waals surface area (Å²) in [6.07, 6.45) is 5.13. The summed E-state index contributed by atoms with van der Waals surface area (Å²) < 4.78 is 0. The van der Waals surface area contributed by atoms with Crippen molar-refractivity contribution in [2.75, 3.05) is 5.75 Å². The number of hydrogen-bond acceptors (Lipinski definition) is 4. The molecule has 3 nitrogen and oxygen atoms in total. The molecule has 92 valence electrons. The predicted molar refractivity (Wildman–Crippen MR) is 72.9 cm³/mol. The van der Waals surface area contributed by atoms with Crippen LogP contribution in [0.4, 0.5) is 0 Å². The Balaban J connectivity index is 2.05. The van der Waals surface area contributed by atoms with E-state index in [-0.39, 0.29) is 5.78 Å². The number of benzene rings is 1. The Hall–Kier alpha value is -1.68. The van der Waals surface area contributed by atoms with Crippen molar-refractivity contribution in [3.63, 3.8) is 0 Å². The van der Waals surface area contributed by atoms with Gasteiger partial charge in [-0.05, 0) is 17.9 Å². The molecule has 0 bridgehead atoms. The molecule has 0 saturated carbocycles. The number of aromatic nitrogens is 2. The van der Waals surface area contributed by atoms with E-state index >= 15 is 0 Å². The maximum atomic E-state index is 12.0. The second kappa shape index (κ2) is 6.31. The standard InChI is InChI=1S/C14H14N2OS/c1-2-18-13-5-3-11(4-6-13)14(17)9-12-10-15-7-8-16-12/h3-8,10H,2,9H2,1H3. The summed E-state index contributed by atoms with van der Waals surface area (Å²) in [6.45, 7) is 2.11. The van der Waals surface area contributed by atoms with Gasteiger partial charge in [0.05, 0.1) is 12.1 Å². The van der Waals surface area contributed by atoms with Crippen molar-refractivity contribution in [3.05, 3.63) is 54.1 Å². The summed E-state index contributed by atoms with van der Waals surface area (Å²) in [5.41, 5.74) is 1.43. The molecule has 0 N–H and O–H groups in total. The zero-order chi connectivity index (χ0) is 12.8. The summed E-state index contributed by atoms with van der Waals surface area (Å²) in [6, 6.07) is 7.71. The lowest BCUT2D eigenvalue weighted by molar-refractivity contribution is 0.0992. The third-order valence-corrected chi connectivity index (χ3v) is 3.34. The zero-order valence-corrected chi connectivity index (χ0v) is 11.0. The molecule has 4 heteroatoms. The van der Waals surface area contributed by atoms with Crippen molar-refractivity contribution < 1.29 is 4.79 Å². The van der Waals surface area contributed by atoms with Crippen LogP contribution in [0.15, 0.2) is 47.8 Å². The van der Waals surface area contributed by atoms with E-state index in [2.05, 4.69) is 16.9 Å². The van der Waals surface area contributed by atoms with Crippen LogP contribution in [0.3, 0.4) is 0 Å². The first-order valence-corrected chi connectivity index (χ1v) is 6.79. The Morgan fingerprint density at radius 2 is 2.00 bits per heavy atom. The van der Waals surface area contributed by atoms with Crippen molar-refractivity contribution >= 4 is 17.5 Å². The molecule has 1 aromatic heterocycles. The SMILES string of the molecule is CCSc1ccc(C(=O)Cc2cnccn2)cc1. The van der Waals surface area contributed by atoms with Crippen LogP contribution in [0.5, 0.6) is 0 Å². The average molecular weight is 258 g/mol. The predicted octanol–water partition coefficient (Wildman–Crippen LogP) is 3.01. The van der Waals surface area contributed by atoms with Crippen LogP contribution in [0.2, 0.25) is 0 Å². The molecule has 0 aliphatic heterocycles. The summed E-state index contributed by atoms with van der Waals surface area (Å²) in [5, 5.41) is 0. The Morgan fingerprint density at radius 1 is 1.22 bits per heavy atom. The fraction of sp³-hybridized carbons (Fsp3) is 0.214. The van der Waals surface area contributed by atoms with Crippen molar-refractivity contribution in [3.8, 4) is 0 Å². The Morgan fingerprint density at radius 3 is 2.61 bits per heavy atom. The Labute approximate surface area is 111 Å². The summed E-state index contributed by atoms with van der Waals surface area (Å²) in [4.78, 5) is 21.3. The molecule has 0 atom stereocenters. The van der Waals surface area contributed by atoms with E-state index in [0.29, 0.717) is 12.1 Å². The van der Waals surface area contributed by atoms with Crippen LogP contribution in [0, 0.1) is 0 Å². The lowest BCUT2D eigenvalue weighted by atomic mass is 10.1.